The summed E-state index contributed by atoms with van der Waals surface area (Å²) < 4.78 is 6.44. The maximum absolute atomic E-state index is 12.4. The van der Waals surface area contributed by atoms with Crippen molar-refractivity contribution < 1.29 is 24.6 Å². The van der Waals surface area contributed by atoms with Gasteiger partial charge in [0, 0.05) is 20.9 Å². The number of nitrogens with zero attached hydrogens (tertiary/aromatic N) is 1. The third kappa shape index (κ3) is 7.38. The summed E-state index contributed by atoms with van der Waals surface area (Å²) in [7, 11) is 0. The highest BCUT2D eigenvalue weighted by atomic mass is 127. The van der Waals surface area contributed by atoms with Gasteiger partial charge < -0.3 is 9.84 Å². The maximum atomic E-state index is 12.4. The van der Waals surface area contributed by atoms with Crippen LogP contribution in [-0.4, -0.2) is 22.3 Å². The van der Waals surface area contributed by atoms with Crippen LogP contribution in [-0.2, 0) is 9.53 Å². The predicted octanol–water partition coefficient (Wildman–Crippen LogP) is 4.39. The minimum absolute atomic E-state index is 0.0155. The van der Waals surface area contributed by atoms with Crippen molar-refractivity contribution in [1.82, 2.24) is 5.48 Å². The van der Waals surface area contributed by atoms with Crippen molar-refractivity contribution in [1.29, 1.82) is 5.26 Å². The molecule has 1 atom stereocenters. The number of hydrogen-bond acceptors (Lipinski definition) is 6. The first-order chi connectivity index (χ1) is 14.4. The van der Waals surface area contributed by atoms with Crippen molar-refractivity contribution in [3.63, 3.8) is 0 Å². The number of phenolic OH excluding ortho intramolecular Hbond substituents is 1. The molecule has 0 unspecified atom stereocenters. The lowest BCUT2D eigenvalue weighted by atomic mass is 10.0. The van der Waals surface area contributed by atoms with Crippen LogP contribution in [0.15, 0.2) is 54.6 Å². The minimum atomic E-state index is -0.710. The predicted molar refractivity (Wildman–Crippen MR) is 118 cm³/mol. The van der Waals surface area contributed by atoms with E-state index in [9.17, 15) is 14.7 Å². The zero-order valence-corrected chi connectivity index (χ0v) is 18.0. The molecule has 2 aromatic carbocycles. The minimum Gasteiger partial charge on any atom is -0.508 e. The number of phenols is 1. The number of nitrogens with one attached hydrogen (secondary N) is 2. The van der Waals surface area contributed by atoms with Gasteiger partial charge in [0.25, 0.3) is 5.91 Å². The Bertz CT molecular complexity index is 954. The van der Waals surface area contributed by atoms with Crippen molar-refractivity contribution in [3.8, 4) is 11.8 Å². The average molecular weight is 521 g/mol. The lowest BCUT2D eigenvalue weighted by Crippen LogP contribution is -2.18. The monoisotopic (exact) mass is 521 g/mol. The van der Waals surface area contributed by atoms with Gasteiger partial charge in [0.05, 0.1) is 11.6 Å². The number of carbonyl (C=O) groups excluding carboxylic acids is 2. The number of benzene rings is 2. The Balaban J connectivity index is 2.07. The molecule has 0 aliphatic heterocycles. The molecule has 2 amide bonds. The van der Waals surface area contributed by atoms with Crippen LogP contribution in [0.4, 0.5) is 10.5 Å². The van der Waals surface area contributed by atoms with Crippen LogP contribution >= 0.6 is 22.6 Å². The second kappa shape index (κ2) is 11.8. The first-order valence-electron chi connectivity index (χ1n) is 8.99. The van der Waals surface area contributed by atoms with E-state index < -0.39 is 18.1 Å². The first kappa shape index (κ1) is 23.2. The molecule has 2 rings (SSSR count). The van der Waals surface area contributed by atoms with E-state index in [0.29, 0.717) is 36.1 Å². The summed E-state index contributed by atoms with van der Waals surface area (Å²) >= 11 is 2.10. The van der Waals surface area contributed by atoms with E-state index in [1.54, 1.807) is 42.5 Å². The van der Waals surface area contributed by atoms with Gasteiger partial charge in [0.15, 0.2) is 0 Å². The van der Waals surface area contributed by atoms with Gasteiger partial charge in [-0.2, -0.15) is 5.26 Å². The van der Waals surface area contributed by atoms with E-state index in [-0.39, 0.29) is 5.75 Å². The van der Waals surface area contributed by atoms with Crippen molar-refractivity contribution in [2.45, 2.75) is 25.4 Å². The highest BCUT2D eigenvalue weighted by molar-refractivity contribution is 14.1. The quantitative estimate of drug-likeness (QED) is 0.134. The number of amides is 2. The number of ether oxygens (including phenoxy) is 1. The first-order valence-corrected chi connectivity index (χ1v) is 10.1. The Hall–Kier alpha value is -3.10. The van der Waals surface area contributed by atoms with E-state index in [1.165, 1.54) is 17.6 Å². The van der Waals surface area contributed by atoms with Crippen LogP contribution in [0.5, 0.6) is 5.75 Å². The molecule has 0 fully saturated rings. The molecule has 0 spiro atoms. The van der Waals surface area contributed by atoms with E-state index in [1.807, 2.05) is 6.07 Å². The Kier molecular flexibility index (Phi) is 9.11. The van der Waals surface area contributed by atoms with Crippen molar-refractivity contribution >= 4 is 40.3 Å². The van der Waals surface area contributed by atoms with Crippen molar-refractivity contribution in [2.24, 2.45) is 0 Å². The molecule has 0 radical (unpaired) electrons. The molecule has 0 aromatic heterocycles. The fraction of sp³-hybridized carbons (Fsp3) is 0.190. The van der Waals surface area contributed by atoms with Gasteiger partial charge in [-0.25, -0.2) is 10.3 Å². The zero-order valence-electron chi connectivity index (χ0n) is 15.8. The number of nitriles is 1. The number of hydrogen-bond donors (Lipinski definition) is 4. The molecule has 0 bridgehead atoms. The maximum Gasteiger partial charge on any atom is 0.412 e. The summed E-state index contributed by atoms with van der Waals surface area (Å²) in [5, 5.41) is 30.2. The zero-order chi connectivity index (χ0) is 21.9. The number of carbonyl (C=O) groups is 2. The van der Waals surface area contributed by atoms with Gasteiger partial charge in [0.2, 0.25) is 0 Å². The standard InChI is InChI=1S/C21H20IN3O5/c22-15-8-11-18(26)17(12-15)19(4-2-1-3-5-20(27)25-29)30-21(28)24-16-9-6-14(13-23)7-10-16/h3,5-12,19,26,29H,1-2,4H2,(H,24,28)(H,25,27)/b5-3+/t19-/m1/s1. The van der Waals surface area contributed by atoms with Gasteiger partial charge in [-0.3, -0.25) is 15.3 Å². The number of unbranched alkanes of at least 4 members (excludes halogenated alkanes) is 1. The number of hydroxylamine groups is 1. The Morgan fingerprint density at radius 1 is 1.23 bits per heavy atom. The molecule has 8 nitrogen and oxygen atoms in total. The summed E-state index contributed by atoms with van der Waals surface area (Å²) in [5.74, 6) is -0.610. The SMILES string of the molecule is N#Cc1ccc(NC(=O)O[C@H](CCC/C=C/C(=O)NO)c2cc(I)ccc2O)cc1. The highest BCUT2D eigenvalue weighted by Crippen LogP contribution is 2.32. The summed E-state index contributed by atoms with van der Waals surface area (Å²) in [6.07, 6.45) is 2.87. The smallest absolute Gasteiger partial charge is 0.412 e. The van der Waals surface area contributed by atoms with Crippen LogP contribution in [0.2, 0.25) is 0 Å². The average Bonchev–Trinajstić information content (AvgIpc) is 2.74. The van der Waals surface area contributed by atoms with Gasteiger partial charge in [-0.15, -0.1) is 0 Å². The van der Waals surface area contributed by atoms with E-state index in [2.05, 4.69) is 27.9 Å². The van der Waals surface area contributed by atoms with Gasteiger partial charge in [-0.05, 0) is 84.3 Å². The van der Waals surface area contributed by atoms with Gasteiger partial charge in [0.1, 0.15) is 11.9 Å². The molecule has 0 saturated carbocycles. The Morgan fingerprint density at radius 3 is 2.63 bits per heavy atom. The van der Waals surface area contributed by atoms with Crippen molar-refractivity contribution in [2.75, 3.05) is 5.32 Å². The van der Waals surface area contributed by atoms with Gasteiger partial charge in [-0.1, -0.05) is 6.08 Å². The normalized spacial score (nSPS) is 11.5. The van der Waals surface area contributed by atoms with Crippen LogP contribution < -0.4 is 10.8 Å². The van der Waals surface area contributed by atoms with Gasteiger partial charge >= 0.3 is 6.09 Å². The highest BCUT2D eigenvalue weighted by Gasteiger charge is 2.20. The van der Waals surface area contributed by atoms with E-state index >= 15 is 0 Å². The molecule has 2 aromatic rings. The number of rotatable bonds is 8. The van der Waals surface area contributed by atoms with E-state index in [0.717, 1.165) is 3.57 Å². The van der Waals surface area contributed by atoms with Crippen LogP contribution in [0.1, 0.15) is 36.5 Å². The molecule has 156 valence electrons. The summed E-state index contributed by atoms with van der Waals surface area (Å²) in [6, 6.07) is 13.4. The molecular formula is C21H20IN3O5. The summed E-state index contributed by atoms with van der Waals surface area (Å²) in [4.78, 5) is 23.4. The fourth-order valence-corrected chi connectivity index (χ4v) is 3.13. The largest absolute Gasteiger partial charge is 0.508 e. The molecule has 4 N–H and O–H groups in total. The molecule has 0 aliphatic rings. The number of aromatic hydroxyl groups is 1. The number of anilines is 1. The number of allylic oxidation sites excluding steroid dienone is 1. The summed E-state index contributed by atoms with van der Waals surface area (Å²) in [6.45, 7) is 0. The number of halogens is 1. The lowest BCUT2D eigenvalue weighted by molar-refractivity contribution is -0.124. The van der Waals surface area contributed by atoms with Crippen LogP contribution in [0.25, 0.3) is 0 Å². The summed E-state index contributed by atoms with van der Waals surface area (Å²) in [5.41, 5.74) is 2.93. The van der Waals surface area contributed by atoms with E-state index in [4.69, 9.17) is 15.2 Å². The Labute approximate surface area is 187 Å². The Morgan fingerprint density at radius 2 is 1.97 bits per heavy atom. The van der Waals surface area contributed by atoms with Crippen LogP contribution in [0.3, 0.4) is 0 Å². The fourth-order valence-electron chi connectivity index (χ4n) is 2.61. The third-order valence-electron chi connectivity index (χ3n) is 4.06. The topological polar surface area (TPSA) is 132 Å². The molecule has 0 saturated heterocycles. The van der Waals surface area contributed by atoms with Crippen molar-refractivity contribution in [3.05, 3.63) is 69.3 Å². The molecule has 9 heteroatoms. The second-order valence-electron chi connectivity index (χ2n) is 6.22. The molecule has 0 aliphatic carbocycles. The lowest BCUT2D eigenvalue weighted by Gasteiger charge is -2.20. The third-order valence-corrected chi connectivity index (χ3v) is 4.73. The van der Waals surface area contributed by atoms with Crippen LogP contribution in [0, 0.1) is 14.9 Å². The molecular weight excluding hydrogens is 501 g/mol. The molecule has 0 heterocycles. The second-order valence-corrected chi connectivity index (χ2v) is 7.47. The molecule has 30 heavy (non-hydrogen) atoms.